The summed E-state index contributed by atoms with van der Waals surface area (Å²) in [6.45, 7) is 8.24. The Kier molecular flexibility index (Phi) is 17.7. The summed E-state index contributed by atoms with van der Waals surface area (Å²) in [6, 6.07) is 15.2. The summed E-state index contributed by atoms with van der Waals surface area (Å²) in [5.74, 6) is -3.58. The number of amides is 5. The van der Waals surface area contributed by atoms with Crippen LogP contribution in [-0.4, -0.2) is 116 Å². The SMILES string of the molecule is CC(O)N[C@@H]1C(=O)NCC(O)N[C@H](Cc2ccc3ccccc3c2)C(=O)N[C@@H](CCCN=C(N)N)C(=O)NC(CCc2c[nH]c3ccccc23)C(=O)N[C@H](C(N)=O)C(C)(C)SSC1(C)C. The van der Waals surface area contributed by atoms with Gasteiger partial charge in [-0.05, 0) is 94.7 Å². The molecule has 352 valence electrons. The van der Waals surface area contributed by atoms with Crippen LogP contribution in [0.1, 0.15) is 65.0 Å². The van der Waals surface area contributed by atoms with E-state index in [0.717, 1.165) is 32.8 Å². The Morgan fingerprint density at radius 2 is 1.46 bits per heavy atom. The summed E-state index contributed by atoms with van der Waals surface area (Å²) in [6.07, 6.45) is 0.0590. The fourth-order valence-electron chi connectivity index (χ4n) is 7.62. The van der Waals surface area contributed by atoms with Gasteiger partial charge < -0.3 is 53.7 Å². The summed E-state index contributed by atoms with van der Waals surface area (Å²) >= 11 is 0. The number of carbonyl (C=O) groups is 5. The van der Waals surface area contributed by atoms with Crippen molar-refractivity contribution in [1.82, 2.24) is 36.9 Å². The first-order valence-corrected chi connectivity index (χ1v) is 23.7. The molecule has 65 heavy (non-hydrogen) atoms. The molecule has 1 saturated heterocycles. The lowest BCUT2D eigenvalue weighted by Gasteiger charge is -2.38. The molecule has 5 amide bonds. The third kappa shape index (κ3) is 14.3. The molecule has 0 aliphatic carbocycles. The number of aliphatic hydroxyl groups is 2. The molecule has 1 aliphatic heterocycles. The predicted octanol–water partition coefficient (Wildman–Crippen LogP) is 1.13. The highest BCUT2D eigenvalue weighted by molar-refractivity contribution is 8.77. The third-order valence-corrected chi connectivity index (χ3v) is 15.4. The second-order valence-corrected chi connectivity index (χ2v) is 20.8. The van der Waals surface area contributed by atoms with Crippen LogP contribution in [-0.2, 0) is 36.8 Å². The zero-order valence-electron chi connectivity index (χ0n) is 37.4. The van der Waals surface area contributed by atoms with Crippen molar-refractivity contribution in [1.29, 1.82) is 0 Å². The van der Waals surface area contributed by atoms with Crippen LogP contribution in [0.3, 0.4) is 0 Å². The van der Waals surface area contributed by atoms with E-state index in [0.29, 0.717) is 6.42 Å². The number of nitrogens with zero attached hydrogens (tertiary/aromatic N) is 1. The highest BCUT2D eigenvalue weighted by atomic mass is 33.1. The molecule has 4 aromatic rings. The minimum Gasteiger partial charge on any atom is -0.379 e. The van der Waals surface area contributed by atoms with Gasteiger partial charge in [0.25, 0.3) is 0 Å². The Morgan fingerprint density at radius 1 is 0.831 bits per heavy atom. The minimum absolute atomic E-state index is 0.0463. The number of carbonyl (C=O) groups excluding carboxylic acids is 5. The summed E-state index contributed by atoms with van der Waals surface area (Å²) < 4.78 is -2.08. The molecule has 5 rings (SSSR count). The van der Waals surface area contributed by atoms with Crippen LogP contribution >= 0.6 is 21.6 Å². The molecule has 1 aromatic heterocycles. The van der Waals surface area contributed by atoms with E-state index in [2.05, 4.69) is 41.9 Å². The molecule has 0 radical (unpaired) electrons. The van der Waals surface area contributed by atoms with Gasteiger partial charge in [-0.15, -0.1) is 0 Å². The molecule has 0 spiro atoms. The van der Waals surface area contributed by atoms with E-state index in [1.54, 1.807) is 27.7 Å². The number of hydrogen-bond acceptors (Lipinski definition) is 12. The molecule has 3 aromatic carbocycles. The van der Waals surface area contributed by atoms with Gasteiger partial charge in [0.1, 0.15) is 36.6 Å². The summed E-state index contributed by atoms with van der Waals surface area (Å²) in [5.41, 5.74) is 19.7. The largest absolute Gasteiger partial charge is 0.379 e. The molecule has 7 atom stereocenters. The van der Waals surface area contributed by atoms with Gasteiger partial charge in [-0.25, -0.2) is 0 Å². The number of H-pyrrole nitrogens is 1. The number of nitrogens with two attached hydrogens (primary N) is 3. The van der Waals surface area contributed by atoms with Gasteiger partial charge in [-0.1, -0.05) is 82.3 Å². The molecule has 18 nitrogen and oxygen atoms in total. The van der Waals surface area contributed by atoms with Crippen molar-refractivity contribution in [3.8, 4) is 0 Å². The number of aromatic amines is 1. The fraction of sp³-hybridized carbons (Fsp3) is 0.467. The predicted molar refractivity (Wildman–Crippen MR) is 257 cm³/mol. The number of β-amino-alcohol motifs (C(OH)–C–C–N with tert-alkyl or cyclic N) is 1. The highest BCUT2D eigenvalue weighted by Crippen LogP contribution is 2.46. The number of aliphatic hydroxyl groups excluding tert-OH is 2. The quantitative estimate of drug-likeness (QED) is 0.0312. The number of rotatable bonds is 12. The van der Waals surface area contributed by atoms with Crippen LogP contribution in [0.5, 0.6) is 0 Å². The second-order valence-electron chi connectivity index (χ2n) is 17.3. The van der Waals surface area contributed by atoms with Gasteiger partial charge in [-0.3, -0.25) is 39.6 Å². The molecule has 1 aliphatic rings. The van der Waals surface area contributed by atoms with Gasteiger partial charge in [0.05, 0.1) is 12.6 Å². The number of aromatic nitrogens is 1. The van der Waals surface area contributed by atoms with Crippen LogP contribution in [0.4, 0.5) is 0 Å². The van der Waals surface area contributed by atoms with Crippen LogP contribution in [0.25, 0.3) is 21.7 Å². The van der Waals surface area contributed by atoms with Crippen LogP contribution < -0.4 is 49.1 Å². The fourth-order valence-corrected chi connectivity index (χ4v) is 10.5. The van der Waals surface area contributed by atoms with Gasteiger partial charge in [0.2, 0.25) is 29.5 Å². The molecule has 15 N–H and O–H groups in total. The number of nitrogens with one attached hydrogen (secondary N) is 7. The zero-order chi connectivity index (χ0) is 47.5. The van der Waals surface area contributed by atoms with Gasteiger partial charge >= 0.3 is 0 Å². The first-order valence-electron chi connectivity index (χ1n) is 21.6. The van der Waals surface area contributed by atoms with Crippen molar-refractivity contribution < 1.29 is 34.2 Å². The Labute approximate surface area is 386 Å². The normalized spacial score (nSPS) is 24.2. The summed E-state index contributed by atoms with van der Waals surface area (Å²) in [5, 5.41) is 41.8. The molecule has 2 heterocycles. The Balaban J connectivity index is 1.55. The van der Waals surface area contributed by atoms with Crippen molar-refractivity contribution in [2.45, 2.75) is 119 Å². The van der Waals surface area contributed by atoms with E-state index in [4.69, 9.17) is 17.2 Å². The second kappa shape index (κ2) is 22.7. The van der Waals surface area contributed by atoms with Crippen molar-refractivity contribution in [2.24, 2.45) is 22.2 Å². The molecular formula is C45H63N11O7S2. The van der Waals surface area contributed by atoms with E-state index in [1.165, 1.54) is 28.5 Å². The lowest BCUT2D eigenvalue weighted by Crippen LogP contribution is -2.62. The average molecular weight is 934 g/mol. The Morgan fingerprint density at radius 3 is 2.15 bits per heavy atom. The van der Waals surface area contributed by atoms with E-state index in [-0.39, 0.29) is 44.7 Å². The minimum atomic E-state index is -1.46. The number of primary amides is 1. The topological polar surface area (TPSA) is 304 Å². The standard InChI is InChI=1S/C45H63N11O7S2/c1-25(57)52-37-42(63)51-24-35(58)53-34(22-26-16-17-27-11-6-7-12-28(27)21-26)41(62)54-32(15-10-20-49-43(47)48)39(60)55-33(19-18-29-23-50-31-14-9-8-13-30(29)31)40(61)56-36(38(46)59)44(2,3)64-65-45(37,4)5/h6-9,11-14,16-17,21,23,25,32-37,50,52-53,57-58H,10,15,18-20,22,24H2,1-5H3,(H2,46,59)(H,51,63)(H,54,62)(H,55,60)(H,56,61)(H4,47,48,49)/t25?,32-,33?,34+,35?,36+,37+/m0/s1. The smallest absolute Gasteiger partial charge is 0.243 e. The lowest BCUT2D eigenvalue weighted by atomic mass is 9.99. The van der Waals surface area contributed by atoms with E-state index >= 15 is 0 Å². The van der Waals surface area contributed by atoms with E-state index in [1.807, 2.05) is 72.9 Å². The van der Waals surface area contributed by atoms with Crippen molar-refractivity contribution in [3.05, 3.63) is 84.1 Å². The molecular weight excluding hydrogens is 871 g/mol. The Hall–Kier alpha value is -5.38. The van der Waals surface area contributed by atoms with Crippen LogP contribution in [0.15, 0.2) is 77.9 Å². The average Bonchev–Trinajstić information content (AvgIpc) is 3.67. The Bertz CT molecular complexity index is 2340. The van der Waals surface area contributed by atoms with Crippen molar-refractivity contribution in [3.63, 3.8) is 0 Å². The summed E-state index contributed by atoms with van der Waals surface area (Å²) in [4.78, 5) is 77.8. The monoisotopic (exact) mass is 933 g/mol. The van der Waals surface area contributed by atoms with Crippen LogP contribution in [0, 0.1) is 0 Å². The van der Waals surface area contributed by atoms with Crippen molar-refractivity contribution in [2.75, 3.05) is 13.1 Å². The van der Waals surface area contributed by atoms with Gasteiger partial charge in [0.15, 0.2) is 5.96 Å². The number of hydrogen-bond donors (Lipinski definition) is 12. The number of benzene rings is 3. The van der Waals surface area contributed by atoms with E-state index in [9.17, 15) is 34.2 Å². The van der Waals surface area contributed by atoms with Gasteiger partial charge in [0, 0.05) is 33.1 Å². The lowest BCUT2D eigenvalue weighted by molar-refractivity contribution is -0.134. The third-order valence-electron chi connectivity index (χ3n) is 11.1. The maximum atomic E-state index is 14.5. The number of para-hydroxylation sites is 1. The van der Waals surface area contributed by atoms with E-state index < -0.39 is 81.7 Å². The maximum Gasteiger partial charge on any atom is 0.243 e. The maximum absolute atomic E-state index is 14.5. The summed E-state index contributed by atoms with van der Waals surface area (Å²) in [7, 11) is 2.44. The number of aryl methyl sites for hydroxylation is 1. The highest BCUT2D eigenvalue weighted by Gasteiger charge is 2.43. The first kappa shape index (κ1) is 50.6. The molecule has 1 fully saturated rings. The molecule has 0 bridgehead atoms. The first-order chi connectivity index (χ1) is 30.7. The van der Waals surface area contributed by atoms with Crippen LogP contribution in [0.2, 0.25) is 0 Å². The zero-order valence-corrected chi connectivity index (χ0v) is 39.0. The van der Waals surface area contributed by atoms with Gasteiger partial charge in [-0.2, -0.15) is 0 Å². The molecule has 0 saturated carbocycles. The number of aliphatic imine (C=N–C) groups is 1. The number of fused-ring (bicyclic) bond motifs is 2. The molecule has 3 unspecified atom stereocenters. The molecule has 20 heteroatoms. The van der Waals surface area contributed by atoms with Crippen molar-refractivity contribution >= 4 is 78.8 Å². The number of guanidine groups is 1.